The maximum absolute atomic E-state index is 11.9. The van der Waals surface area contributed by atoms with Crippen LogP contribution in [0, 0.1) is 5.41 Å². The molecule has 3 aliphatic rings. The highest BCUT2D eigenvalue weighted by molar-refractivity contribution is 6.62. The Labute approximate surface area is 285 Å². The Bertz CT molecular complexity index is 1670. The monoisotopic (exact) mass is 661 g/mol. The van der Waals surface area contributed by atoms with E-state index in [1.807, 2.05) is 13.1 Å². The SMILES string of the molecule is CO[C@@H](C)c1ncc(N2C[C@@H](C)O[C@H](C)C2)cc1-c1c(CC(C)(C)COC(C)=O)c2cc(B3OC(C)(C)C(C)(C)O3)cc3c2n1CCO3. The molecule has 0 radical (unpaired) electrons. The number of benzene rings is 1. The molecule has 2 fully saturated rings. The third-order valence-corrected chi connectivity index (χ3v) is 10.4. The number of aromatic nitrogens is 2. The van der Waals surface area contributed by atoms with Crippen LogP contribution in [0.25, 0.3) is 22.2 Å². The maximum Gasteiger partial charge on any atom is 0.494 e. The minimum Gasteiger partial charge on any atom is -0.490 e. The summed E-state index contributed by atoms with van der Waals surface area (Å²) in [4.78, 5) is 19.4. The highest BCUT2D eigenvalue weighted by Crippen LogP contribution is 2.45. The van der Waals surface area contributed by atoms with E-state index < -0.39 is 18.3 Å². The second-order valence-electron chi connectivity index (χ2n) is 15.6. The molecule has 0 bridgehead atoms. The number of methoxy groups -OCH3 is 1. The third kappa shape index (κ3) is 6.46. The molecule has 0 saturated carbocycles. The molecule has 3 atom stereocenters. The molecular formula is C37H52BN3O7. The summed E-state index contributed by atoms with van der Waals surface area (Å²) in [7, 11) is 1.18. The van der Waals surface area contributed by atoms with Crippen molar-refractivity contribution in [1.29, 1.82) is 0 Å². The van der Waals surface area contributed by atoms with Crippen LogP contribution in [-0.4, -0.2) is 79.5 Å². The number of ether oxygens (including phenoxy) is 4. The number of esters is 1. The summed E-state index contributed by atoms with van der Waals surface area (Å²) in [6.07, 6.45) is 2.58. The van der Waals surface area contributed by atoms with E-state index in [9.17, 15) is 4.79 Å². The molecule has 6 rings (SSSR count). The molecule has 48 heavy (non-hydrogen) atoms. The molecule has 10 nitrogen and oxygen atoms in total. The lowest BCUT2D eigenvalue weighted by Crippen LogP contribution is -2.45. The zero-order valence-electron chi connectivity index (χ0n) is 30.6. The van der Waals surface area contributed by atoms with Gasteiger partial charge in [0.25, 0.3) is 0 Å². The highest BCUT2D eigenvalue weighted by Gasteiger charge is 2.52. The van der Waals surface area contributed by atoms with Crippen molar-refractivity contribution < 1.29 is 33.1 Å². The Morgan fingerprint density at radius 3 is 2.40 bits per heavy atom. The Morgan fingerprint density at radius 2 is 1.77 bits per heavy atom. The van der Waals surface area contributed by atoms with E-state index in [-0.39, 0.29) is 36.3 Å². The predicted octanol–water partition coefficient (Wildman–Crippen LogP) is 5.85. The van der Waals surface area contributed by atoms with Crippen molar-refractivity contribution in [3.8, 4) is 17.0 Å². The zero-order valence-corrected chi connectivity index (χ0v) is 30.6. The van der Waals surface area contributed by atoms with Gasteiger partial charge in [-0.05, 0) is 78.0 Å². The fraction of sp³-hybridized carbons (Fsp3) is 0.622. The van der Waals surface area contributed by atoms with E-state index in [1.54, 1.807) is 7.11 Å². The van der Waals surface area contributed by atoms with Crippen LogP contribution in [0.5, 0.6) is 5.75 Å². The largest absolute Gasteiger partial charge is 0.494 e. The fourth-order valence-electron chi connectivity index (χ4n) is 7.20. The molecule has 0 spiro atoms. The molecule has 0 amide bonds. The van der Waals surface area contributed by atoms with E-state index >= 15 is 0 Å². The Hall–Kier alpha value is -3.12. The molecule has 3 aliphatic heterocycles. The molecule has 0 aliphatic carbocycles. The highest BCUT2D eigenvalue weighted by atomic mass is 16.7. The fourth-order valence-corrected chi connectivity index (χ4v) is 7.20. The normalized spacial score (nSPS) is 22.6. The van der Waals surface area contributed by atoms with Gasteiger partial charge in [-0.15, -0.1) is 0 Å². The third-order valence-electron chi connectivity index (χ3n) is 10.4. The minimum absolute atomic E-state index is 0.109. The number of rotatable bonds is 9. The summed E-state index contributed by atoms with van der Waals surface area (Å²) >= 11 is 0. The van der Waals surface area contributed by atoms with Gasteiger partial charge in [-0.2, -0.15) is 0 Å². The van der Waals surface area contributed by atoms with Gasteiger partial charge in [0.2, 0.25) is 0 Å². The summed E-state index contributed by atoms with van der Waals surface area (Å²) in [5, 5.41) is 1.07. The van der Waals surface area contributed by atoms with Crippen LogP contribution in [0.2, 0.25) is 0 Å². The Morgan fingerprint density at radius 1 is 1.10 bits per heavy atom. The molecular weight excluding hydrogens is 609 g/mol. The van der Waals surface area contributed by atoms with Gasteiger partial charge in [-0.25, -0.2) is 0 Å². The van der Waals surface area contributed by atoms with Crippen molar-refractivity contribution >= 4 is 35.1 Å². The van der Waals surface area contributed by atoms with Crippen molar-refractivity contribution in [2.75, 3.05) is 38.3 Å². The molecule has 0 unspecified atom stereocenters. The number of hydrogen-bond acceptors (Lipinski definition) is 9. The van der Waals surface area contributed by atoms with Crippen LogP contribution in [0.1, 0.15) is 86.6 Å². The first-order valence-electron chi connectivity index (χ1n) is 17.2. The summed E-state index contributed by atoms with van der Waals surface area (Å²) < 4.78 is 39.4. The number of anilines is 1. The van der Waals surface area contributed by atoms with Gasteiger partial charge in [0.15, 0.2) is 0 Å². The van der Waals surface area contributed by atoms with Crippen LogP contribution < -0.4 is 15.1 Å². The lowest BCUT2D eigenvalue weighted by molar-refractivity contribution is -0.143. The Kier molecular flexibility index (Phi) is 9.15. The van der Waals surface area contributed by atoms with E-state index in [0.29, 0.717) is 19.6 Å². The van der Waals surface area contributed by atoms with Crippen LogP contribution in [-0.2, 0) is 41.3 Å². The van der Waals surface area contributed by atoms with Crippen molar-refractivity contribution in [3.63, 3.8) is 0 Å². The van der Waals surface area contributed by atoms with E-state index in [1.165, 1.54) is 6.92 Å². The number of nitrogens with zero attached hydrogens (tertiary/aromatic N) is 3. The molecule has 11 heteroatoms. The van der Waals surface area contributed by atoms with Gasteiger partial charge in [0.05, 0.1) is 71.5 Å². The van der Waals surface area contributed by atoms with Crippen molar-refractivity contribution in [2.24, 2.45) is 5.41 Å². The minimum atomic E-state index is -0.547. The van der Waals surface area contributed by atoms with Crippen LogP contribution in [0.15, 0.2) is 24.4 Å². The van der Waals surface area contributed by atoms with Gasteiger partial charge >= 0.3 is 13.1 Å². The van der Waals surface area contributed by atoms with Crippen LogP contribution in [0.3, 0.4) is 0 Å². The summed E-state index contributed by atoms with van der Waals surface area (Å²) in [6, 6.07) is 6.55. The quantitative estimate of drug-likeness (QED) is 0.207. The maximum atomic E-state index is 11.9. The van der Waals surface area contributed by atoms with E-state index in [4.69, 9.17) is 33.2 Å². The van der Waals surface area contributed by atoms with Crippen molar-refractivity contribution in [1.82, 2.24) is 9.55 Å². The molecule has 2 saturated heterocycles. The van der Waals surface area contributed by atoms with Crippen LogP contribution in [0.4, 0.5) is 5.69 Å². The summed E-state index contributed by atoms with van der Waals surface area (Å²) in [6.45, 7) is 23.3. The van der Waals surface area contributed by atoms with Gasteiger partial charge < -0.3 is 37.7 Å². The van der Waals surface area contributed by atoms with Crippen molar-refractivity contribution in [3.05, 3.63) is 35.7 Å². The average Bonchev–Trinajstić information content (AvgIpc) is 3.43. The second-order valence-corrected chi connectivity index (χ2v) is 15.6. The Balaban J connectivity index is 1.59. The molecule has 0 N–H and O–H groups in total. The lowest BCUT2D eigenvalue weighted by Gasteiger charge is -2.37. The van der Waals surface area contributed by atoms with Gasteiger partial charge in [-0.1, -0.05) is 19.9 Å². The zero-order chi connectivity index (χ0) is 34.8. The second kappa shape index (κ2) is 12.6. The molecule has 5 heterocycles. The number of carbonyl (C=O) groups excluding carboxylic acids is 1. The van der Waals surface area contributed by atoms with E-state index in [2.05, 4.69) is 83.1 Å². The first kappa shape index (κ1) is 34.7. The number of morpholine rings is 1. The number of pyridine rings is 1. The van der Waals surface area contributed by atoms with E-state index in [0.717, 1.165) is 63.4 Å². The first-order chi connectivity index (χ1) is 22.5. The first-order valence-corrected chi connectivity index (χ1v) is 17.2. The molecule has 1 aromatic carbocycles. The number of hydrogen-bond donors (Lipinski definition) is 0. The predicted molar refractivity (Wildman–Crippen MR) is 188 cm³/mol. The molecule has 260 valence electrons. The van der Waals surface area contributed by atoms with Gasteiger partial charge in [-0.3, -0.25) is 9.78 Å². The topological polar surface area (TPSA) is 93.5 Å². The lowest BCUT2D eigenvalue weighted by atomic mass is 9.77. The standard InChI is InChI=1S/C37H52BN3O7/c1-22-19-40(20-23(2)46-22)27-16-29(32(39-18-27)24(3)43-11)33-30(17-35(5,6)21-45-25(4)42)28-14-26(15-31-34(28)41(33)12-13-44-31)38-47-36(7,8)37(9,10)48-38/h14-16,18,22-24H,12-13,17,19-21H2,1-11H3/t22-,23-,24+/m1/s1. The summed E-state index contributed by atoms with van der Waals surface area (Å²) in [5.41, 5.74) is 5.76. The van der Waals surface area contributed by atoms with Crippen molar-refractivity contribution in [2.45, 2.75) is 112 Å². The molecule has 3 aromatic rings. The summed E-state index contributed by atoms with van der Waals surface area (Å²) in [5.74, 6) is 0.513. The average molecular weight is 662 g/mol. The smallest absolute Gasteiger partial charge is 0.490 e. The number of carbonyl (C=O) groups is 1. The van der Waals surface area contributed by atoms with Gasteiger partial charge in [0, 0.05) is 43.5 Å². The molecule has 2 aromatic heterocycles. The van der Waals surface area contributed by atoms with Gasteiger partial charge in [0.1, 0.15) is 12.4 Å². The van der Waals surface area contributed by atoms with Crippen LogP contribution >= 0.6 is 0 Å².